The monoisotopic (exact) mass is 395 g/mol. The quantitative estimate of drug-likeness (QED) is 0.648. The molecule has 3 rings (SSSR count). The van der Waals surface area contributed by atoms with Crippen LogP contribution >= 0.6 is 15.9 Å². The molecule has 0 saturated carbocycles. The van der Waals surface area contributed by atoms with Crippen LogP contribution in [0.25, 0.3) is 0 Å². The van der Waals surface area contributed by atoms with Gasteiger partial charge in [0, 0.05) is 22.8 Å². The Morgan fingerprint density at radius 2 is 1.68 bits per heavy atom. The highest BCUT2D eigenvalue weighted by atomic mass is 79.9. The second kappa shape index (κ2) is 8.44. The van der Waals surface area contributed by atoms with E-state index in [1.54, 1.807) is 24.5 Å². The highest BCUT2D eigenvalue weighted by molar-refractivity contribution is 9.10. The zero-order valence-electron chi connectivity index (χ0n) is 13.5. The fourth-order valence-electron chi connectivity index (χ4n) is 2.52. The number of halogens is 1. The van der Waals surface area contributed by atoms with Gasteiger partial charge in [-0.25, -0.2) is 0 Å². The van der Waals surface area contributed by atoms with E-state index in [4.69, 9.17) is 0 Å². The number of nitrogens with zero attached hydrogens (tertiary/aromatic N) is 1. The lowest BCUT2D eigenvalue weighted by Gasteiger charge is -2.21. The summed E-state index contributed by atoms with van der Waals surface area (Å²) in [5, 5.41) is 6.43. The number of rotatable bonds is 6. The highest BCUT2D eigenvalue weighted by Crippen LogP contribution is 2.21. The molecule has 1 aromatic heterocycles. The number of nitrogens with one attached hydrogen (secondary N) is 2. The van der Waals surface area contributed by atoms with Crippen molar-refractivity contribution < 1.29 is 4.79 Å². The van der Waals surface area contributed by atoms with Gasteiger partial charge in [-0.05, 0) is 39.7 Å². The summed E-state index contributed by atoms with van der Waals surface area (Å²) in [4.78, 5) is 16.5. The number of hydrogen-bond donors (Lipinski definition) is 2. The van der Waals surface area contributed by atoms with E-state index in [0.29, 0.717) is 12.1 Å². The molecule has 0 aliphatic carbocycles. The molecular weight excluding hydrogens is 378 g/mol. The van der Waals surface area contributed by atoms with Crippen LogP contribution in [-0.4, -0.2) is 17.4 Å². The van der Waals surface area contributed by atoms with Crippen LogP contribution in [0.3, 0.4) is 0 Å². The first kappa shape index (κ1) is 17.2. The van der Waals surface area contributed by atoms with E-state index >= 15 is 0 Å². The predicted octanol–water partition coefficient (Wildman–Crippen LogP) is 4.43. The van der Waals surface area contributed by atoms with Crippen molar-refractivity contribution in [2.24, 2.45) is 0 Å². The van der Waals surface area contributed by atoms with E-state index in [2.05, 4.69) is 31.5 Å². The maximum absolute atomic E-state index is 12.3. The molecule has 0 aliphatic rings. The summed E-state index contributed by atoms with van der Waals surface area (Å²) in [6.07, 6.45) is 3.50. The fourth-order valence-corrected chi connectivity index (χ4v) is 2.88. The average molecular weight is 396 g/mol. The van der Waals surface area contributed by atoms with E-state index in [9.17, 15) is 4.79 Å². The number of carbonyl (C=O) groups excluding carboxylic acids is 1. The van der Waals surface area contributed by atoms with Crippen molar-refractivity contribution in [1.29, 1.82) is 0 Å². The second-order valence-corrected chi connectivity index (χ2v) is 6.49. The fraction of sp³-hybridized carbons (Fsp3) is 0.100. The third-order valence-electron chi connectivity index (χ3n) is 3.75. The van der Waals surface area contributed by atoms with Crippen molar-refractivity contribution in [1.82, 2.24) is 10.3 Å². The van der Waals surface area contributed by atoms with Crippen molar-refractivity contribution >= 4 is 27.5 Å². The van der Waals surface area contributed by atoms with E-state index in [0.717, 1.165) is 15.7 Å². The summed E-state index contributed by atoms with van der Waals surface area (Å²) in [7, 11) is 0. The summed E-state index contributed by atoms with van der Waals surface area (Å²) < 4.78 is 0.901. The maximum Gasteiger partial charge on any atom is 0.251 e. The first-order valence-corrected chi connectivity index (χ1v) is 8.77. The topological polar surface area (TPSA) is 54.0 Å². The molecule has 0 bridgehead atoms. The molecule has 0 fully saturated rings. The minimum Gasteiger partial charge on any atom is -0.375 e. The first-order valence-electron chi connectivity index (χ1n) is 7.97. The zero-order valence-corrected chi connectivity index (χ0v) is 15.1. The number of hydrogen-bond acceptors (Lipinski definition) is 3. The lowest BCUT2D eigenvalue weighted by atomic mass is 10.1. The normalized spacial score (nSPS) is 11.6. The SMILES string of the molecule is O=C(NCC(Nc1cncc(Br)c1)c1ccccc1)c1ccccc1. The molecule has 25 heavy (non-hydrogen) atoms. The number of pyridine rings is 1. The molecule has 0 spiro atoms. The van der Waals surface area contributed by atoms with Crippen LogP contribution in [0.5, 0.6) is 0 Å². The maximum atomic E-state index is 12.3. The molecule has 2 N–H and O–H groups in total. The standard InChI is InChI=1S/C20H18BrN3O/c21-17-11-18(13-22-12-17)24-19(15-7-3-1-4-8-15)14-23-20(25)16-9-5-2-6-10-16/h1-13,19,24H,14H2,(H,23,25). The van der Waals surface area contributed by atoms with Gasteiger partial charge < -0.3 is 10.6 Å². The second-order valence-electron chi connectivity index (χ2n) is 5.58. The molecule has 0 saturated heterocycles. The van der Waals surface area contributed by atoms with Crippen molar-refractivity contribution in [3.05, 3.63) is 94.7 Å². The van der Waals surface area contributed by atoms with Gasteiger partial charge in [0.2, 0.25) is 0 Å². The van der Waals surface area contributed by atoms with Crippen LogP contribution in [0.15, 0.2) is 83.6 Å². The minimum absolute atomic E-state index is 0.0648. The predicted molar refractivity (Wildman–Crippen MR) is 104 cm³/mol. The van der Waals surface area contributed by atoms with Gasteiger partial charge in [0.25, 0.3) is 5.91 Å². The Kier molecular flexibility index (Phi) is 5.80. The lowest BCUT2D eigenvalue weighted by molar-refractivity contribution is 0.0952. The molecule has 0 radical (unpaired) electrons. The molecule has 4 nitrogen and oxygen atoms in total. The Balaban J connectivity index is 1.74. The van der Waals surface area contributed by atoms with E-state index in [1.807, 2.05) is 54.6 Å². The van der Waals surface area contributed by atoms with Crippen molar-refractivity contribution in [3.8, 4) is 0 Å². The van der Waals surface area contributed by atoms with Crippen LogP contribution in [0.2, 0.25) is 0 Å². The van der Waals surface area contributed by atoms with Crippen LogP contribution in [0.1, 0.15) is 22.0 Å². The molecule has 5 heteroatoms. The van der Waals surface area contributed by atoms with Gasteiger partial charge in [-0.15, -0.1) is 0 Å². The van der Waals surface area contributed by atoms with Crippen LogP contribution < -0.4 is 10.6 Å². The molecule has 1 amide bonds. The molecule has 1 heterocycles. The molecule has 0 aliphatic heterocycles. The van der Waals surface area contributed by atoms with Crippen LogP contribution in [-0.2, 0) is 0 Å². The van der Waals surface area contributed by atoms with Gasteiger partial charge in [-0.1, -0.05) is 48.5 Å². The van der Waals surface area contributed by atoms with Crippen molar-refractivity contribution in [2.75, 3.05) is 11.9 Å². The summed E-state index contributed by atoms with van der Waals surface area (Å²) >= 11 is 3.43. The Bertz CT molecular complexity index is 825. The van der Waals surface area contributed by atoms with Crippen LogP contribution in [0.4, 0.5) is 5.69 Å². The Hall–Kier alpha value is -2.66. The Morgan fingerprint density at radius 3 is 2.36 bits per heavy atom. The van der Waals surface area contributed by atoms with Crippen LogP contribution in [0, 0.1) is 0 Å². The van der Waals surface area contributed by atoms with Gasteiger partial charge in [-0.3, -0.25) is 9.78 Å². The third-order valence-corrected chi connectivity index (χ3v) is 4.18. The van der Waals surface area contributed by atoms with Gasteiger partial charge in [0.05, 0.1) is 17.9 Å². The summed E-state index contributed by atoms with van der Waals surface area (Å²) in [6.45, 7) is 0.463. The Labute approximate surface area is 155 Å². The van der Waals surface area contributed by atoms with E-state index < -0.39 is 0 Å². The number of benzene rings is 2. The molecule has 126 valence electrons. The van der Waals surface area contributed by atoms with Crippen molar-refractivity contribution in [2.45, 2.75) is 6.04 Å². The summed E-state index contributed by atoms with van der Waals surface area (Å²) in [5.41, 5.74) is 2.63. The average Bonchev–Trinajstić information content (AvgIpc) is 2.66. The third kappa shape index (κ3) is 4.90. The molecule has 1 atom stereocenters. The van der Waals surface area contributed by atoms with Gasteiger partial charge in [-0.2, -0.15) is 0 Å². The van der Waals surface area contributed by atoms with Gasteiger partial charge >= 0.3 is 0 Å². The molecule has 2 aromatic carbocycles. The summed E-state index contributed by atoms with van der Waals surface area (Å²) in [5.74, 6) is -0.0873. The molecular formula is C20H18BrN3O. The van der Waals surface area contributed by atoms with Gasteiger partial charge in [0.1, 0.15) is 0 Å². The van der Waals surface area contributed by atoms with E-state index in [1.165, 1.54) is 0 Å². The molecule has 1 unspecified atom stereocenters. The first-order chi connectivity index (χ1) is 12.2. The number of aromatic nitrogens is 1. The lowest BCUT2D eigenvalue weighted by Crippen LogP contribution is -2.31. The highest BCUT2D eigenvalue weighted by Gasteiger charge is 2.14. The smallest absolute Gasteiger partial charge is 0.251 e. The minimum atomic E-state index is -0.0873. The zero-order chi connectivity index (χ0) is 17.5. The Morgan fingerprint density at radius 1 is 1.00 bits per heavy atom. The number of amides is 1. The largest absolute Gasteiger partial charge is 0.375 e. The van der Waals surface area contributed by atoms with Crippen molar-refractivity contribution in [3.63, 3.8) is 0 Å². The van der Waals surface area contributed by atoms with Gasteiger partial charge in [0.15, 0.2) is 0 Å². The number of carbonyl (C=O) groups is 1. The summed E-state index contributed by atoms with van der Waals surface area (Å²) in [6, 6.07) is 21.1. The number of anilines is 1. The molecule has 3 aromatic rings. The van der Waals surface area contributed by atoms with E-state index in [-0.39, 0.29) is 11.9 Å².